The molecule has 0 aliphatic carbocycles. The number of hydrogen-bond donors (Lipinski definition) is 1. The number of hydrogen-bond acceptors (Lipinski definition) is 5. The van der Waals surface area contributed by atoms with Crippen molar-refractivity contribution in [3.63, 3.8) is 0 Å². The molecule has 0 aromatic carbocycles. The van der Waals surface area contributed by atoms with E-state index in [2.05, 4.69) is 20.6 Å². The minimum Gasteiger partial charge on any atom is -0.361 e. The Hall–Kier alpha value is -2.70. The largest absolute Gasteiger partial charge is 0.361 e. The number of amides is 1. The van der Waals surface area contributed by atoms with Gasteiger partial charge in [-0.05, 0) is 40.2 Å². The van der Waals surface area contributed by atoms with Gasteiger partial charge in [-0.25, -0.2) is 9.50 Å². The summed E-state index contributed by atoms with van der Waals surface area (Å²) in [7, 11) is 0. The van der Waals surface area contributed by atoms with Crippen LogP contribution in [0.3, 0.4) is 0 Å². The second kappa shape index (κ2) is 5.83. The Balaban J connectivity index is 1.70. The number of aryl methyl sites for hydroxylation is 4. The van der Waals surface area contributed by atoms with Crippen LogP contribution in [0.1, 0.15) is 38.9 Å². The smallest absolute Gasteiger partial charge is 0.271 e. The fourth-order valence-electron chi connectivity index (χ4n) is 2.65. The summed E-state index contributed by atoms with van der Waals surface area (Å²) >= 11 is 0. The van der Waals surface area contributed by atoms with E-state index in [1.807, 2.05) is 33.8 Å². The molecule has 0 saturated carbocycles. The van der Waals surface area contributed by atoms with Gasteiger partial charge in [0.2, 0.25) is 0 Å². The van der Waals surface area contributed by atoms with E-state index in [4.69, 9.17) is 4.52 Å². The second-order valence-corrected chi connectivity index (χ2v) is 5.65. The monoisotopic (exact) mass is 313 g/mol. The molecule has 7 heteroatoms. The van der Waals surface area contributed by atoms with Gasteiger partial charge in [0.1, 0.15) is 5.76 Å². The van der Waals surface area contributed by atoms with Crippen LogP contribution in [0.25, 0.3) is 5.65 Å². The number of fused-ring (bicyclic) bond motifs is 1. The standard InChI is InChI=1S/C16H19N5O2/c1-9-7-10(2)21-15(18-9)8-14(19-21)16(22)17-6-5-13-11(3)20-23-12(13)4/h7-8H,5-6H2,1-4H3,(H,17,22). The molecule has 0 bridgehead atoms. The maximum atomic E-state index is 12.3. The molecule has 0 radical (unpaired) electrons. The van der Waals surface area contributed by atoms with Crippen molar-refractivity contribution < 1.29 is 9.32 Å². The molecule has 0 fully saturated rings. The average molecular weight is 313 g/mol. The highest BCUT2D eigenvalue weighted by atomic mass is 16.5. The van der Waals surface area contributed by atoms with Gasteiger partial charge in [-0.3, -0.25) is 4.79 Å². The van der Waals surface area contributed by atoms with Crippen molar-refractivity contribution in [1.82, 2.24) is 25.1 Å². The van der Waals surface area contributed by atoms with Gasteiger partial charge < -0.3 is 9.84 Å². The van der Waals surface area contributed by atoms with Gasteiger partial charge in [0.25, 0.3) is 5.91 Å². The van der Waals surface area contributed by atoms with Crippen LogP contribution in [0.5, 0.6) is 0 Å². The first kappa shape index (κ1) is 15.2. The van der Waals surface area contributed by atoms with E-state index in [0.717, 1.165) is 28.4 Å². The third-order valence-electron chi connectivity index (χ3n) is 3.81. The topological polar surface area (TPSA) is 85.3 Å². The molecular weight excluding hydrogens is 294 g/mol. The van der Waals surface area contributed by atoms with Gasteiger partial charge >= 0.3 is 0 Å². The SMILES string of the molecule is Cc1cc(C)n2nc(C(=O)NCCc3c(C)noc3C)cc2n1. The Morgan fingerprint density at radius 3 is 2.74 bits per heavy atom. The minimum atomic E-state index is -0.209. The Morgan fingerprint density at radius 2 is 2.04 bits per heavy atom. The summed E-state index contributed by atoms with van der Waals surface area (Å²) in [6.45, 7) is 8.13. The first-order valence-electron chi connectivity index (χ1n) is 7.49. The lowest BCUT2D eigenvalue weighted by molar-refractivity contribution is 0.0948. The molecule has 1 amide bonds. The van der Waals surface area contributed by atoms with Crippen LogP contribution in [-0.4, -0.2) is 32.2 Å². The van der Waals surface area contributed by atoms with Crippen molar-refractivity contribution in [3.05, 3.63) is 46.2 Å². The van der Waals surface area contributed by atoms with E-state index in [0.29, 0.717) is 24.3 Å². The fraction of sp³-hybridized carbons (Fsp3) is 0.375. The quantitative estimate of drug-likeness (QED) is 0.795. The van der Waals surface area contributed by atoms with Crippen LogP contribution in [0.4, 0.5) is 0 Å². The first-order valence-corrected chi connectivity index (χ1v) is 7.49. The highest BCUT2D eigenvalue weighted by Gasteiger charge is 2.14. The van der Waals surface area contributed by atoms with E-state index in [-0.39, 0.29) is 5.91 Å². The van der Waals surface area contributed by atoms with Crippen molar-refractivity contribution in [2.75, 3.05) is 6.54 Å². The molecule has 0 saturated heterocycles. The third-order valence-corrected chi connectivity index (χ3v) is 3.81. The zero-order chi connectivity index (χ0) is 16.6. The predicted molar refractivity (Wildman–Crippen MR) is 84.5 cm³/mol. The van der Waals surface area contributed by atoms with Crippen molar-refractivity contribution in [2.45, 2.75) is 34.1 Å². The van der Waals surface area contributed by atoms with Crippen molar-refractivity contribution >= 4 is 11.6 Å². The lowest BCUT2D eigenvalue weighted by Crippen LogP contribution is -2.26. The lowest BCUT2D eigenvalue weighted by Gasteiger charge is -2.02. The number of carbonyl (C=O) groups is 1. The second-order valence-electron chi connectivity index (χ2n) is 5.65. The van der Waals surface area contributed by atoms with Crippen molar-refractivity contribution in [2.24, 2.45) is 0 Å². The van der Waals surface area contributed by atoms with E-state index in [9.17, 15) is 4.79 Å². The summed E-state index contributed by atoms with van der Waals surface area (Å²) in [5.41, 5.74) is 4.79. The van der Waals surface area contributed by atoms with Crippen molar-refractivity contribution in [3.8, 4) is 0 Å². The van der Waals surface area contributed by atoms with Crippen LogP contribution < -0.4 is 5.32 Å². The van der Waals surface area contributed by atoms with Crippen molar-refractivity contribution in [1.29, 1.82) is 0 Å². The Labute approximate surface area is 133 Å². The van der Waals surface area contributed by atoms with Crippen LogP contribution in [0.2, 0.25) is 0 Å². The van der Waals surface area contributed by atoms with Crippen LogP contribution in [0.15, 0.2) is 16.7 Å². The number of rotatable bonds is 4. The molecule has 120 valence electrons. The molecule has 1 N–H and O–H groups in total. The summed E-state index contributed by atoms with van der Waals surface area (Å²) in [6.07, 6.45) is 0.677. The Morgan fingerprint density at radius 1 is 1.26 bits per heavy atom. The van der Waals surface area contributed by atoms with Gasteiger partial charge in [0.05, 0.1) is 5.69 Å². The molecule has 23 heavy (non-hydrogen) atoms. The molecule has 0 aliphatic heterocycles. The molecule has 0 unspecified atom stereocenters. The van der Waals surface area contributed by atoms with Crippen LogP contribution in [-0.2, 0) is 6.42 Å². The minimum absolute atomic E-state index is 0.209. The molecule has 3 aromatic rings. The maximum absolute atomic E-state index is 12.3. The lowest BCUT2D eigenvalue weighted by atomic mass is 10.1. The maximum Gasteiger partial charge on any atom is 0.271 e. The highest BCUT2D eigenvalue weighted by molar-refractivity contribution is 5.93. The Kier molecular flexibility index (Phi) is 3.85. The molecule has 7 nitrogen and oxygen atoms in total. The van der Waals surface area contributed by atoms with Gasteiger partial charge in [-0.2, -0.15) is 5.10 Å². The zero-order valence-corrected chi connectivity index (χ0v) is 13.7. The predicted octanol–water partition coefficient (Wildman–Crippen LogP) is 1.92. The summed E-state index contributed by atoms with van der Waals surface area (Å²) < 4.78 is 6.79. The molecule has 0 aliphatic rings. The van der Waals surface area contributed by atoms with E-state index in [1.165, 1.54) is 0 Å². The van der Waals surface area contributed by atoms with E-state index >= 15 is 0 Å². The summed E-state index contributed by atoms with van der Waals surface area (Å²) in [4.78, 5) is 16.6. The van der Waals surface area contributed by atoms with Crippen LogP contribution >= 0.6 is 0 Å². The number of aromatic nitrogens is 4. The first-order chi connectivity index (χ1) is 11.0. The molecule has 0 atom stereocenters. The number of carbonyl (C=O) groups excluding carboxylic acids is 1. The Bertz CT molecular complexity index is 859. The van der Waals surface area contributed by atoms with E-state index in [1.54, 1.807) is 10.6 Å². The zero-order valence-electron chi connectivity index (χ0n) is 13.7. The normalized spacial score (nSPS) is 11.1. The van der Waals surface area contributed by atoms with E-state index < -0.39 is 0 Å². The van der Waals surface area contributed by atoms with Gasteiger partial charge in [-0.15, -0.1) is 0 Å². The third kappa shape index (κ3) is 2.94. The van der Waals surface area contributed by atoms with Gasteiger partial charge in [0.15, 0.2) is 11.3 Å². The molecule has 3 rings (SSSR count). The molecule has 3 aromatic heterocycles. The molecule has 3 heterocycles. The van der Waals surface area contributed by atoms with Crippen LogP contribution in [0, 0.1) is 27.7 Å². The summed E-state index contributed by atoms with van der Waals surface area (Å²) in [5, 5.41) is 11.1. The molecule has 0 spiro atoms. The van der Waals surface area contributed by atoms with Gasteiger partial charge in [0, 0.05) is 29.6 Å². The summed E-state index contributed by atoms with van der Waals surface area (Å²) in [5.74, 6) is 0.582. The number of nitrogens with one attached hydrogen (secondary N) is 1. The molecular formula is C16H19N5O2. The van der Waals surface area contributed by atoms with Gasteiger partial charge in [-0.1, -0.05) is 5.16 Å². The number of nitrogens with zero attached hydrogens (tertiary/aromatic N) is 4. The highest BCUT2D eigenvalue weighted by Crippen LogP contribution is 2.12. The average Bonchev–Trinajstić information content (AvgIpc) is 3.05. The summed E-state index contributed by atoms with van der Waals surface area (Å²) in [6, 6.07) is 3.63. The fourth-order valence-corrected chi connectivity index (χ4v) is 2.65.